The average Bonchev–Trinajstić information content (AvgIpc) is 2.55. The van der Waals surface area contributed by atoms with Gasteiger partial charge in [-0.05, 0) is 49.7 Å². The molecule has 0 bridgehead atoms. The van der Waals surface area contributed by atoms with E-state index in [1.807, 2.05) is 56.3 Å². The van der Waals surface area contributed by atoms with Crippen LogP contribution in [-0.4, -0.2) is 23.9 Å². The van der Waals surface area contributed by atoms with Gasteiger partial charge in [0, 0.05) is 15.7 Å². The van der Waals surface area contributed by atoms with Crippen LogP contribution in [0.25, 0.3) is 0 Å². The van der Waals surface area contributed by atoms with Crippen molar-refractivity contribution in [2.75, 3.05) is 11.6 Å². The third kappa shape index (κ3) is 3.12. The Morgan fingerprint density at radius 2 is 1.67 bits per heavy atom. The van der Waals surface area contributed by atoms with Gasteiger partial charge < -0.3 is 0 Å². The second kappa shape index (κ2) is 6.46. The number of rotatable bonds is 3. The fraction of sp³-hybridized carbons (Fsp3) is 0.222. The van der Waals surface area contributed by atoms with Crippen molar-refractivity contribution in [2.45, 2.75) is 19.4 Å². The Labute approximate surface area is 151 Å². The molecule has 0 aromatic heterocycles. The van der Waals surface area contributed by atoms with Crippen LogP contribution in [-0.2, 0) is 5.54 Å². The van der Waals surface area contributed by atoms with Crippen LogP contribution in [0.5, 0.6) is 0 Å². The molecule has 0 saturated heterocycles. The van der Waals surface area contributed by atoms with E-state index >= 15 is 0 Å². The molecule has 0 radical (unpaired) electrons. The van der Waals surface area contributed by atoms with Gasteiger partial charge in [-0.15, -0.1) is 0 Å². The fourth-order valence-corrected chi connectivity index (χ4v) is 3.20. The monoisotopic (exact) mass is 361 g/mol. The van der Waals surface area contributed by atoms with Crippen molar-refractivity contribution in [1.29, 1.82) is 0 Å². The molecule has 1 aliphatic rings. The van der Waals surface area contributed by atoms with E-state index in [0.717, 1.165) is 11.3 Å². The molecule has 0 saturated carbocycles. The molecule has 0 N–H and O–H groups in total. The molecule has 0 aliphatic carbocycles. The van der Waals surface area contributed by atoms with Crippen LogP contribution < -0.4 is 4.90 Å². The summed E-state index contributed by atoms with van der Waals surface area (Å²) in [4.78, 5) is 20.6. The molecular formula is C18H17Cl2N3O. The zero-order chi connectivity index (χ0) is 17.3. The summed E-state index contributed by atoms with van der Waals surface area (Å²) in [5.74, 6) is 0. The van der Waals surface area contributed by atoms with Crippen molar-refractivity contribution in [3.63, 3.8) is 0 Å². The van der Waals surface area contributed by atoms with Gasteiger partial charge in [-0.3, -0.25) is 14.8 Å². The van der Waals surface area contributed by atoms with Crippen LogP contribution in [0.4, 0.5) is 10.5 Å². The van der Waals surface area contributed by atoms with Gasteiger partial charge in [0.2, 0.25) is 0 Å². The number of hydrogen-bond donors (Lipinski definition) is 0. The van der Waals surface area contributed by atoms with Gasteiger partial charge in [0.1, 0.15) is 6.67 Å². The molecule has 0 spiro atoms. The lowest BCUT2D eigenvalue weighted by molar-refractivity contribution is 0.190. The topological polar surface area (TPSA) is 35.9 Å². The predicted molar refractivity (Wildman–Crippen MR) is 99.0 cm³/mol. The highest BCUT2D eigenvalue weighted by Gasteiger charge is 2.37. The number of amides is 2. The largest absolute Gasteiger partial charge is 0.332 e. The Kier molecular flexibility index (Phi) is 4.52. The van der Waals surface area contributed by atoms with Gasteiger partial charge in [0.05, 0.1) is 11.9 Å². The summed E-state index contributed by atoms with van der Waals surface area (Å²) in [6, 6.07) is 14.6. The molecule has 24 heavy (non-hydrogen) atoms. The molecule has 2 amide bonds. The average molecular weight is 362 g/mol. The second-order valence-electron chi connectivity index (χ2n) is 6.07. The lowest BCUT2D eigenvalue weighted by Gasteiger charge is -2.41. The molecule has 0 atom stereocenters. The number of benzene rings is 2. The molecule has 2 aromatic carbocycles. The van der Waals surface area contributed by atoms with E-state index in [1.54, 1.807) is 22.2 Å². The third-order valence-electron chi connectivity index (χ3n) is 4.10. The molecule has 0 fully saturated rings. The molecule has 0 unspecified atom stereocenters. The maximum absolute atomic E-state index is 13.0. The van der Waals surface area contributed by atoms with Crippen molar-refractivity contribution >= 4 is 41.3 Å². The number of para-hydroxylation sites is 1. The van der Waals surface area contributed by atoms with Gasteiger partial charge in [-0.25, -0.2) is 4.79 Å². The van der Waals surface area contributed by atoms with Crippen LogP contribution in [0.15, 0.2) is 53.5 Å². The van der Waals surface area contributed by atoms with E-state index in [4.69, 9.17) is 23.2 Å². The summed E-state index contributed by atoms with van der Waals surface area (Å²) >= 11 is 12.2. The SMILES string of the molecule is CC(C)(c1cc(Cl)cc(Cl)c1)N1C=NCN(c2ccccc2)C1=O. The smallest absolute Gasteiger partial charge is 0.275 e. The Bertz CT molecular complexity index is 770. The van der Waals surface area contributed by atoms with Crippen LogP contribution in [0.2, 0.25) is 10.0 Å². The summed E-state index contributed by atoms with van der Waals surface area (Å²) in [7, 11) is 0. The molecule has 1 aliphatic heterocycles. The Balaban J connectivity index is 1.97. The van der Waals surface area contributed by atoms with Crippen molar-refractivity contribution in [3.8, 4) is 0 Å². The normalized spacial score (nSPS) is 15.1. The van der Waals surface area contributed by atoms with Gasteiger partial charge in [-0.1, -0.05) is 41.4 Å². The maximum Gasteiger partial charge on any atom is 0.332 e. The van der Waals surface area contributed by atoms with Gasteiger partial charge in [-0.2, -0.15) is 0 Å². The maximum atomic E-state index is 13.0. The van der Waals surface area contributed by atoms with Crippen molar-refractivity contribution in [1.82, 2.24) is 4.90 Å². The summed E-state index contributed by atoms with van der Waals surface area (Å²) < 4.78 is 0. The number of nitrogens with zero attached hydrogens (tertiary/aromatic N) is 3. The van der Waals surface area contributed by atoms with Gasteiger partial charge >= 0.3 is 6.03 Å². The summed E-state index contributed by atoms with van der Waals surface area (Å²) in [5, 5.41) is 1.07. The van der Waals surface area contributed by atoms with Crippen molar-refractivity contribution < 1.29 is 4.79 Å². The van der Waals surface area contributed by atoms with E-state index in [1.165, 1.54) is 0 Å². The Morgan fingerprint density at radius 1 is 1.04 bits per heavy atom. The predicted octanol–water partition coefficient (Wildman–Crippen LogP) is 5.16. The Hall–Kier alpha value is -2.04. The number of anilines is 1. The summed E-state index contributed by atoms with van der Waals surface area (Å²) in [5.41, 5.74) is 1.00. The minimum atomic E-state index is -0.650. The fourth-order valence-electron chi connectivity index (χ4n) is 2.67. The molecular weight excluding hydrogens is 345 g/mol. The van der Waals surface area contributed by atoms with E-state index in [2.05, 4.69) is 4.99 Å². The van der Waals surface area contributed by atoms with E-state index in [9.17, 15) is 4.79 Å². The Morgan fingerprint density at radius 3 is 2.29 bits per heavy atom. The van der Waals surface area contributed by atoms with Crippen LogP contribution >= 0.6 is 23.2 Å². The highest BCUT2D eigenvalue weighted by molar-refractivity contribution is 6.34. The number of urea groups is 1. The first kappa shape index (κ1) is 16.8. The van der Waals surface area contributed by atoms with Crippen molar-refractivity contribution in [2.24, 2.45) is 4.99 Å². The molecule has 3 rings (SSSR count). The number of halogens is 2. The van der Waals surface area contributed by atoms with Gasteiger partial charge in [0.15, 0.2) is 0 Å². The minimum Gasteiger partial charge on any atom is -0.275 e. The first-order chi connectivity index (χ1) is 11.4. The molecule has 4 nitrogen and oxygen atoms in total. The first-order valence-electron chi connectivity index (χ1n) is 7.52. The zero-order valence-electron chi connectivity index (χ0n) is 13.4. The quantitative estimate of drug-likeness (QED) is 0.743. The highest BCUT2D eigenvalue weighted by Crippen LogP contribution is 2.33. The first-order valence-corrected chi connectivity index (χ1v) is 8.27. The molecule has 1 heterocycles. The summed E-state index contributed by atoms with van der Waals surface area (Å²) in [6.45, 7) is 4.17. The standard InChI is InChI=1S/C18H17Cl2N3O/c1-18(2,13-8-14(19)10-15(20)9-13)23-12-21-11-22(17(23)24)16-6-4-3-5-7-16/h3-10,12H,11H2,1-2H3. The number of aliphatic imine (C=N–C) groups is 1. The second-order valence-corrected chi connectivity index (χ2v) is 6.95. The van der Waals surface area contributed by atoms with Crippen LogP contribution in [0, 0.1) is 0 Å². The van der Waals surface area contributed by atoms with E-state index in [0.29, 0.717) is 16.7 Å². The van der Waals surface area contributed by atoms with Crippen LogP contribution in [0.1, 0.15) is 19.4 Å². The van der Waals surface area contributed by atoms with Gasteiger partial charge in [0.25, 0.3) is 0 Å². The third-order valence-corrected chi connectivity index (χ3v) is 4.53. The lowest BCUT2D eigenvalue weighted by Crippen LogP contribution is -2.54. The number of carbonyl (C=O) groups is 1. The lowest BCUT2D eigenvalue weighted by atomic mass is 9.92. The van der Waals surface area contributed by atoms with Crippen LogP contribution in [0.3, 0.4) is 0 Å². The molecule has 2 aromatic rings. The highest BCUT2D eigenvalue weighted by atomic mass is 35.5. The summed E-state index contributed by atoms with van der Waals surface area (Å²) in [6.07, 6.45) is 1.58. The zero-order valence-corrected chi connectivity index (χ0v) is 14.9. The van der Waals surface area contributed by atoms with Crippen molar-refractivity contribution in [3.05, 3.63) is 64.1 Å². The number of hydrogen-bond acceptors (Lipinski definition) is 2. The minimum absolute atomic E-state index is 0.141. The van der Waals surface area contributed by atoms with E-state index in [-0.39, 0.29) is 6.03 Å². The molecule has 6 heteroatoms. The molecule has 124 valence electrons. The van der Waals surface area contributed by atoms with E-state index < -0.39 is 5.54 Å². The number of carbonyl (C=O) groups excluding carboxylic acids is 1.